The molecule has 7 nitrogen and oxygen atoms in total. The molecule has 0 unspecified atom stereocenters. The van der Waals surface area contributed by atoms with E-state index in [0.717, 1.165) is 24.9 Å². The van der Waals surface area contributed by atoms with E-state index in [1.54, 1.807) is 12.1 Å². The summed E-state index contributed by atoms with van der Waals surface area (Å²) in [4.78, 5) is 19.3. The van der Waals surface area contributed by atoms with Gasteiger partial charge in [-0.25, -0.2) is 0 Å². The molecule has 1 aromatic heterocycles. The number of halogens is 1. The van der Waals surface area contributed by atoms with Gasteiger partial charge in [-0.05, 0) is 56.6 Å². The van der Waals surface area contributed by atoms with Crippen LogP contribution in [0.5, 0.6) is 5.75 Å². The van der Waals surface area contributed by atoms with Gasteiger partial charge in [-0.3, -0.25) is 9.69 Å². The number of amides is 1. The van der Waals surface area contributed by atoms with Crippen LogP contribution in [-0.2, 0) is 11.3 Å². The minimum absolute atomic E-state index is 0.00384. The Morgan fingerprint density at radius 2 is 2.10 bits per heavy atom. The molecule has 30 heavy (non-hydrogen) atoms. The number of nitrogens with zero attached hydrogens (tertiary/aromatic N) is 3. The molecule has 3 aromatic rings. The summed E-state index contributed by atoms with van der Waals surface area (Å²) in [6, 6.07) is 12.5. The number of likely N-dealkylation sites (tertiary alicyclic amines) is 1. The fourth-order valence-electron chi connectivity index (χ4n) is 3.59. The number of hydrogen-bond acceptors (Lipinski definition) is 6. The average Bonchev–Trinajstić information content (AvgIpc) is 3.20. The number of rotatable bonds is 5. The maximum Gasteiger partial charge on any atom is 0.257 e. The van der Waals surface area contributed by atoms with Crippen molar-refractivity contribution in [2.24, 2.45) is 5.92 Å². The summed E-state index contributed by atoms with van der Waals surface area (Å²) in [7, 11) is 0. The van der Waals surface area contributed by atoms with E-state index in [9.17, 15) is 9.90 Å². The molecule has 2 heterocycles. The normalized spacial score (nSPS) is 17.1. The molecule has 0 spiro atoms. The van der Waals surface area contributed by atoms with Crippen LogP contribution in [-0.4, -0.2) is 39.1 Å². The summed E-state index contributed by atoms with van der Waals surface area (Å²) in [5.74, 6) is 0.758. The van der Waals surface area contributed by atoms with Crippen molar-refractivity contribution in [3.05, 3.63) is 58.9 Å². The third kappa shape index (κ3) is 4.80. The molecule has 1 atom stereocenters. The van der Waals surface area contributed by atoms with Crippen LogP contribution in [0.3, 0.4) is 0 Å². The number of aromatic nitrogens is 2. The fraction of sp³-hybridized carbons (Fsp3) is 0.318. The Kier molecular flexibility index (Phi) is 6.01. The van der Waals surface area contributed by atoms with E-state index in [4.69, 9.17) is 16.1 Å². The zero-order chi connectivity index (χ0) is 21.1. The topological polar surface area (TPSA) is 91.5 Å². The zero-order valence-corrected chi connectivity index (χ0v) is 17.4. The summed E-state index contributed by atoms with van der Waals surface area (Å²) in [6.07, 6.45) is 1.67. The second-order valence-electron chi connectivity index (χ2n) is 7.61. The van der Waals surface area contributed by atoms with Gasteiger partial charge in [-0.15, -0.1) is 0 Å². The Morgan fingerprint density at radius 3 is 2.90 bits per heavy atom. The molecular weight excluding hydrogens is 404 g/mol. The SMILES string of the molecule is Cc1ccc(-c2nc(CN3CCC[C@@H](C(=O)Nc4cc(Cl)ccc4O)C3)no2)cc1. The molecule has 1 aliphatic rings. The van der Waals surface area contributed by atoms with Gasteiger partial charge in [0.1, 0.15) is 5.75 Å². The molecule has 0 saturated carbocycles. The molecule has 0 radical (unpaired) electrons. The largest absolute Gasteiger partial charge is 0.506 e. The van der Waals surface area contributed by atoms with Crippen molar-refractivity contribution >= 4 is 23.2 Å². The molecule has 2 N–H and O–H groups in total. The summed E-state index contributed by atoms with van der Waals surface area (Å²) >= 11 is 5.96. The quantitative estimate of drug-likeness (QED) is 0.592. The Hall–Kier alpha value is -2.90. The van der Waals surface area contributed by atoms with Crippen LogP contribution in [0.25, 0.3) is 11.5 Å². The molecule has 1 amide bonds. The second kappa shape index (κ2) is 8.85. The van der Waals surface area contributed by atoms with Crippen LogP contribution in [0, 0.1) is 12.8 Å². The number of hydrogen-bond donors (Lipinski definition) is 2. The van der Waals surface area contributed by atoms with E-state index >= 15 is 0 Å². The molecule has 4 rings (SSSR count). The van der Waals surface area contributed by atoms with Crippen LogP contribution in [0.4, 0.5) is 5.69 Å². The third-order valence-electron chi connectivity index (χ3n) is 5.22. The van der Waals surface area contributed by atoms with Gasteiger partial charge in [0.25, 0.3) is 5.89 Å². The monoisotopic (exact) mass is 426 g/mol. The van der Waals surface area contributed by atoms with Crippen molar-refractivity contribution in [2.75, 3.05) is 18.4 Å². The van der Waals surface area contributed by atoms with Crippen molar-refractivity contribution < 1.29 is 14.4 Å². The van der Waals surface area contributed by atoms with Crippen molar-refractivity contribution in [3.63, 3.8) is 0 Å². The molecule has 2 aromatic carbocycles. The van der Waals surface area contributed by atoms with Crippen molar-refractivity contribution in [1.29, 1.82) is 0 Å². The number of aryl methyl sites for hydroxylation is 1. The van der Waals surface area contributed by atoms with Gasteiger partial charge < -0.3 is 14.9 Å². The van der Waals surface area contributed by atoms with E-state index in [0.29, 0.717) is 35.5 Å². The number of carbonyl (C=O) groups is 1. The van der Waals surface area contributed by atoms with E-state index < -0.39 is 0 Å². The minimum atomic E-state index is -0.194. The number of piperidine rings is 1. The first-order chi connectivity index (χ1) is 14.5. The summed E-state index contributed by atoms with van der Waals surface area (Å²) in [5.41, 5.74) is 2.38. The number of anilines is 1. The summed E-state index contributed by atoms with van der Waals surface area (Å²) in [5, 5.41) is 17.3. The Labute approximate surface area is 179 Å². The second-order valence-corrected chi connectivity index (χ2v) is 8.04. The smallest absolute Gasteiger partial charge is 0.257 e. The first-order valence-corrected chi connectivity index (χ1v) is 10.3. The van der Waals surface area contributed by atoms with Gasteiger partial charge in [-0.1, -0.05) is 34.5 Å². The molecule has 1 saturated heterocycles. The van der Waals surface area contributed by atoms with Gasteiger partial charge in [0.05, 0.1) is 18.2 Å². The number of phenolic OH excluding ortho intramolecular Hbond substituents is 1. The van der Waals surface area contributed by atoms with Crippen molar-refractivity contribution in [1.82, 2.24) is 15.0 Å². The lowest BCUT2D eigenvalue weighted by atomic mass is 9.97. The van der Waals surface area contributed by atoms with Gasteiger partial charge in [0.15, 0.2) is 5.82 Å². The molecule has 8 heteroatoms. The zero-order valence-electron chi connectivity index (χ0n) is 16.6. The Balaban J connectivity index is 1.38. The minimum Gasteiger partial charge on any atom is -0.506 e. The fourth-order valence-corrected chi connectivity index (χ4v) is 3.76. The van der Waals surface area contributed by atoms with Crippen LogP contribution < -0.4 is 5.32 Å². The van der Waals surface area contributed by atoms with Crippen molar-refractivity contribution in [3.8, 4) is 17.2 Å². The Bertz CT molecular complexity index is 1040. The molecule has 0 aliphatic carbocycles. The summed E-state index contributed by atoms with van der Waals surface area (Å²) < 4.78 is 5.40. The molecule has 1 aliphatic heterocycles. The van der Waals surface area contributed by atoms with Crippen LogP contribution >= 0.6 is 11.6 Å². The summed E-state index contributed by atoms with van der Waals surface area (Å²) in [6.45, 7) is 3.99. The first-order valence-electron chi connectivity index (χ1n) is 9.89. The molecule has 156 valence electrons. The lowest BCUT2D eigenvalue weighted by molar-refractivity contribution is -0.121. The highest BCUT2D eigenvalue weighted by molar-refractivity contribution is 6.31. The number of nitrogens with one attached hydrogen (secondary N) is 1. The van der Waals surface area contributed by atoms with E-state index in [2.05, 4.69) is 20.4 Å². The molecule has 1 fully saturated rings. The highest BCUT2D eigenvalue weighted by Crippen LogP contribution is 2.28. The third-order valence-corrected chi connectivity index (χ3v) is 5.46. The lowest BCUT2D eigenvalue weighted by Gasteiger charge is -2.31. The first kappa shape index (κ1) is 20.4. The molecular formula is C22H23ClN4O3. The Morgan fingerprint density at radius 1 is 1.30 bits per heavy atom. The highest BCUT2D eigenvalue weighted by atomic mass is 35.5. The standard InChI is InChI=1S/C22H23ClN4O3/c1-14-4-6-15(7-5-14)22-25-20(26-30-22)13-27-10-2-3-16(12-27)21(29)24-18-11-17(23)8-9-19(18)28/h4-9,11,16,28H,2-3,10,12-13H2,1H3,(H,24,29)/t16-/m1/s1. The number of carbonyl (C=O) groups excluding carboxylic acids is 1. The van der Waals surface area contributed by atoms with E-state index in [1.165, 1.54) is 11.6 Å². The van der Waals surface area contributed by atoms with Gasteiger partial charge in [-0.2, -0.15) is 4.98 Å². The maximum atomic E-state index is 12.7. The lowest BCUT2D eigenvalue weighted by Crippen LogP contribution is -2.40. The number of aromatic hydroxyl groups is 1. The van der Waals surface area contributed by atoms with Gasteiger partial charge >= 0.3 is 0 Å². The van der Waals surface area contributed by atoms with Crippen molar-refractivity contribution in [2.45, 2.75) is 26.3 Å². The predicted molar refractivity (Wildman–Crippen MR) is 114 cm³/mol. The van der Waals surface area contributed by atoms with E-state index in [1.807, 2.05) is 31.2 Å². The van der Waals surface area contributed by atoms with Gasteiger partial charge in [0, 0.05) is 17.1 Å². The van der Waals surface area contributed by atoms with Crippen LogP contribution in [0.15, 0.2) is 47.0 Å². The van der Waals surface area contributed by atoms with Gasteiger partial charge in [0.2, 0.25) is 5.91 Å². The van der Waals surface area contributed by atoms with E-state index in [-0.39, 0.29) is 17.6 Å². The number of phenols is 1. The van der Waals surface area contributed by atoms with Crippen LogP contribution in [0.1, 0.15) is 24.2 Å². The average molecular weight is 427 g/mol. The highest BCUT2D eigenvalue weighted by Gasteiger charge is 2.27. The maximum absolute atomic E-state index is 12.7. The predicted octanol–water partition coefficient (Wildman–Crippen LogP) is 4.25. The van der Waals surface area contributed by atoms with Crippen LogP contribution in [0.2, 0.25) is 5.02 Å². The number of benzene rings is 2. The molecule has 0 bridgehead atoms.